The van der Waals surface area contributed by atoms with E-state index < -0.39 is 0 Å². The van der Waals surface area contributed by atoms with Crippen molar-refractivity contribution in [3.8, 4) is 5.82 Å². The van der Waals surface area contributed by atoms with E-state index in [1.54, 1.807) is 23.3 Å². The third kappa shape index (κ3) is 3.28. The van der Waals surface area contributed by atoms with Gasteiger partial charge in [0, 0.05) is 24.4 Å². The van der Waals surface area contributed by atoms with E-state index in [4.69, 9.17) is 5.73 Å². The molecule has 6 nitrogen and oxygen atoms in total. The summed E-state index contributed by atoms with van der Waals surface area (Å²) in [5, 5.41) is 2.86. The van der Waals surface area contributed by atoms with Gasteiger partial charge in [0.25, 0.3) is 0 Å². The lowest BCUT2D eigenvalue weighted by atomic mass is 9.94. The molecule has 0 spiro atoms. The summed E-state index contributed by atoms with van der Waals surface area (Å²) in [6, 6.07) is 3.67. The molecule has 2 aromatic rings. The summed E-state index contributed by atoms with van der Waals surface area (Å²) in [6.45, 7) is 0. The molecule has 6 heteroatoms. The third-order valence-electron chi connectivity index (χ3n) is 3.91. The topological polar surface area (TPSA) is 85.8 Å². The molecule has 21 heavy (non-hydrogen) atoms. The van der Waals surface area contributed by atoms with Gasteiger partial charge in [-0.05, 0) is 25.0 Å². The molecule has 3 N–H and O–H groups in total. The quantitative estimate of drug-likeness (QED) is 0.898. The Morgan fingerprint density at radius 1 is 1.38 bits per heavy atom. The van der Waals surface area contributed by atoms with Gasteiger partial charge in [-0.1, -0.05) is 12.8 Å². The first kappa shape index (κ1) is 13.8. The zero-order chi connectivity index (χ0) is 14.7. The first-order chi connectivity index (χ1) is 10.1. The molecule has 0 aromatic carbocycles. The van der Waals surface area contributed by atoms with Gasteiger partial charge in [-0.15, -0.1) is 0 Å². The van der Waals surface area contributed by atoms with E-state index in [9.17, 15) is 4.79 Å². The Bertz CT molecular complexity index is 600. The van der Waals surface area contributed by atoms with E-state index in [2.05, 4.69) is 15.3 Å². The number of hydrogen-bond acceptors (Lipinski definition) is 4. The molecular weight excluding hydrogens is 266 g/mol. The van der Waals surface area contributed by atoms with Crippen molar-refractivity contribution >= 4 is 11.6 Å². The number of rotatable bonds is 4. The Labute approximate surface area is 123 Å². The maximum atomic E-state index is 12.1. The molecule has 0 bridgehead atoms. The smallest absolute Gasteiger partial charge is 0.226 e. The minimum Gasteiger partial charge on any atom is -0.325 e. The normalized spacial score (nSPS) is 16.8. The van der Waals surface area contributed by atoms with Crippen molar-refractivity contribution < 1.29 is 4.79 Å². The summed E-state index contributed by atoms with van der Waals surface area (Å²) in [6.07, 6.45) is 11.3. The third-order valence-corrected chi connectivity index (χ3v) is 3.91. The van der Waals surface area contributed by atoms with Crippen molar-refractivity contribution in [2.24, 2.45) is 5.73 Å². The standard InChI is InChI=1S/C15H19N5O/c16-15(5-1-2-6-15)9-14(21)19-12-3-4-13(18-10-12)20-8-7-17-11-20/h3-4,7-8,10-11H,1-2,5-6,9,16H2,(H,19,21). The molecule has 1 saturated carbocycles. The average molecular weight is 285 g/mol. The zero-order valence-electron chi connectivity index (χ0n) is 11.8. The van der Waals surface area contributed by atoms with Crippen LogP contribution in [-0.2, 0) is 4.79 Å². The van der Waals surface area contributed by atoms with Gasteiger partial charge in [-0.2, -0.15) is 0 Å². The molecule has 0 aliphatic heterocycles. The summed E-state index contributed by atoms with van der Waals surface area (Å²) in [4.78, 5) is 20.3. The Morgan fingerprint density at radius 3 is 2.81 bits per heavy atom. The molecule has 2 aromatic heterocycles. The van der Waals surface area contributed by atoms with Crippen molar-refractivity contribution in [2.75, 3.05) is 5.32 Å². The van der Waals surface area contributed by atoms with Gasteiger partial charge in [-0.25, -0.2) is 9.97 Å². The fourth-order valence-electron chi connectivity index (χ4n) is 2.79. The maximum Gasteiger partial charge on any atom is 0.226 e. The van der Waals surface area contributed by atoms with Crippen LogP contribution in [0.15, 0.2) is 37.1 Å². The molecule has 110 valence electrons. The van der Waals surface area contributed by atoms with Crippen LogP contribution in [0.2, 0.25) is 0 Å². The van der Waals surface area contributed by atoms with Gasteiger partial charge in [0.15, 0.2) is 0 Å². The van der Waals surface area contributed by atoms with Gasteiger partial charge >= 0.3 is 0 Å². The van der Waals surface area contributed by atoms with Crippen LogP contribution in [0.25, 0.3) is 5.82 Å². The minimum atomic E-state index is -0.325. The Hall–Kier alpha value is -2.21. The summed E-state index contributed by atoms with van der Waals surface area (Å²) < 4.78 is 1.80. The van der Waals surface area contributed by atoms with Crippen LogP contribution in [0.1, 0.15) is 32.1 Å². The minimum absolute atomic E-state index is 0.0448. The highest BCUT2D eigenvalue weighted by molar-refractivity contribution is 5.91. The van der Waals surface area contributed by atoms with E-state index in [-0.39, 0.29) is 11.4 Å². The SMILES string of the molecule is NC1(CC(=O)Nc2ccc(-n3ccnc3)nc2)CCCC1. The van der Waals surface area contributed by atoms with E-state index in [0.29, 0.717) is 12.1 Å². The highest BCUT2D eigenvalue weighted by Gasteiger charge is 2.31. The monoisotopic (exact) mass is 285 g/mol. The highest BCUT2D eigenvalue weighted by Crippen LogP contribution is 2.30. The van der Waals surface area contributed by atoms with Crippen LogP contribution in [0.4, 0.5) is 5.69 Å². The number of carbonyl (C=O) groups is 1. The first-order valence-corrected chi connectivity index (χ1v) is 7.18. The molecular formula is C15H19N5O. The second-order valence-electron chi connectivity index (χ2n) is 5.67. The molecule has 0 saturated heterocycles. The second-order valence-corrected chi connectivity index (χ2v) is 5.67. The van der Waals surface area contributed by atoms with Crippen molar-refractivity contribution in [3.63, 3.8) is 0 Å². The Balaban J connectivity index is 1.61. The number of imidazole rings is 1. The number of nitrogens with two attached hydrogens (primary N) is 1. The van der Waals surface area contributed by atoms with E-state index in [1.165, 1.54) is 0 Å². The number of anilines is 1. The van der Waals surface area contributed by atoms with Gasteiger partial charge in [0.2, 0.25) is 5.91 Å². The molecule has 2 heterocycles. The predicted octanol–water partition coefficient (Wildman–Crippen LogP) is 1.87. The maximum absolute atomic E-state index is 12.1. The van der Waals surface area contributed by atoms with Crippen molar-refractivity contribution in [3.05, 3.63) is 37.1 Å². The number of nitrogens with zero attached hydrogens (tertiary/aromatic N) is 3. The van der Waals surface area contributed by atoms with Crippen LogP contribution in [0, 0.1) is 0 Å². The van der Waals surface area contributed by atoms with Crippen molar-refractivity contribution in [1.29, 1.82) is 0 Å². The fraction of sp³-hybridized carbons (Fsp3) is 0.400. The highest BCUT2D eigenvalue weighted by atomic mass is 16.1. The summed E-state index contributed by atoms with van der Waals surface area (Å²) >= 11 is 0. The number of hydrogen-bond donors (Lipinski definition) is 2. The van der Waals surface area contributed by atoms with Crippen LogP contribution in [0.5, 0.6) is 0 Å². The van der Waals surface area contributed by atoms with Crippen molar-refractivity contribution in [1.82, 2.24) is 14.5 Å². The predicted molar refractivity (Wildman–Crippen MR) is 80.0 cm³/mol. The van der Waals surface area contributed by atoms with Gasteiger partial charge in [0.1, 0.15) is 12.1 Å². The Morgan fingerprint density at radius 2 is 2.19 bits per heavy atom. The van der Waals surface area contributed by atoms with Gasteiger partial charge < -0.3 is 11.1 Å². The largest absolute Gasteiger partial charge is 0.325 e. The summed E-state index contributed by atoms with van der Waals surface area (Å²) in [7, 11) is 0. The molecule has 0 unspecified atom stereocenters. The number of carbonyl (C=O) groups excluding carboxylic acids is 1. The number of amides is 1. The average Bonchev–Trinajstić information content (AvgIpc) is 3.11. The summed E-state index contributed by atoms with van der Waals surface area (Å²) in [5.41, 5.74) is 6.58. The van der Waals surface area contributed by atoms with Crippen LogP contribution in [-0.4, -0.2) is 26.0 Å². The molecule has 0 atom stereocenters. The molecule has 1 fully saturated rings. The molecule has 3 rings (SSSR count). The van der Waals surface area contributed by atoms with Gasteiger partial charge in [0.05, 0.1) is 11.9 Å². The Kier molecular flexibility index (Phi) is 3.70. The lowest BCUT2D eigenvalue weighted by molar-refractivity contribution is -0.117. The van der Waals surface area contributed by atoms with Gasteiger partial charge in [-0.3, -0.25) is 9.36 Å². The summed E-state index contributed by atoms with van der Waals surface area (Å²) in [5.74, 6) is 0.716. The zero-order valence-corrected chi connectivity index (χ0v) is 11.8. The van der Waals surface area contributed by atoms with E-state index >= 15 is 0 Å². The lowest BCUT2D eigenvalue weighted by Gasteiger charge is -2.22. The lowest BCUT2D eigenvalue weighted by Crippen LogP contribution is -2.40. The van der Waals surface area contributed by atoms with E-state index in [0.717, 1.165) is 31.5 Å². The van der Waals surface area contributed by atoms with Crippen LogP contribution < -0.4 is 11.1 Å². The fourth-order valence-corrected chi connectivity index (χ4v) is 2.79. The number of nitrogens with one attached hydrogen (secondary N) is 1. The van der Waals surface area contributed by atoms with Crippen LogP contribution >= 0.6 is 0 Å². The van der Waals surface area contributed by atoms with Crippen LogP contribution in [0.3, 0.4) is 0 Å². The molecule has 1 aliphatic rings. The molecule has 0 radical (unpaired) electrons. The number of aromatic nitrogens is 3. The first-order valence-electron chi connectivity index (χ1n) is 7.18. The molecule has 1 aliphatic carbocycles. The number of pyridine rings is 1. The second kappa shape index (κ2) is 5.65. The van der Waals surface area contributed by atoms with Crippen molar-refractivity contribution in [2.45, 2.75) is 37.6 Å². The molecule has 1 amide bonds. The van der Waals surface area contributed by atoms with E-state index in [1.807, 2.05) is 18.3 Å².